The predicted molar refractivity (Wildman–Crippen MR) is 98.0 cm³/mol. The Morgan fingerprint density at radius 1 is 1.21 bits per heavy atom. The average Bonchev–Trinajstić information content (AvgIpc) is 3.24. The van der Waals surface area contributed by atoms with Crippen LogP contribution in [-0.4, -0.2) is 67.2 Å². The zero-order chi connectivity index (χ0) is 15.9. The van der Waals surface area contributed by atoms with Crippen LogP contribution in [0.3, 0.4) is 0 Å². The van der Waals surface area contributed by atoms with Crippen LogP contribution in [0.4, 0.5) is 5.82 Å². The molecule has 3 fully saturated rings. The molecule has 1 aromatic rings. The Bertz CT molecular complexity index is 564. The van der Waals surface area contributed by atoms with Crippen LogP contribution in [0.2, 0.25) is 0 Å². The largest absolute Gasteiger partial charge is 0.378 e. The fraction of sp³-hybridized carbons (Fsp3) is 0.824. The first kappa shape index (κ1) is 18.0. The molecule has 0 bridgehead atoms. The lowest BCUT2D eigenvalue weighted by Crippen LogP contribution is -2.38. The number of aryl methyl sites for hydroxylation is 2. The molecule has 0 aliphatic carbocycles. The van der Waals surface area contributed by atoms with Crippen LogP contribution < -0.4 is 10.2 Å². The number of nitrogens with one attached hydrogen (secondary N) is 1. The van der Waals surface area contributed by atoms with Crippen LogP contribution in [0.1, 0.15) is 24.1 Å². The van der Waals surface area contributed by atoms with E-state index in [2.05, 4.69) is 33.8 Å². The predicted octanol–water partition coefficient (Wildman–Crippen LogP) is 1.17. The lowest BCUT2D eigenvalue weighted by atomic mass is 9.86. The summed E-state index contributed by atoms with van der Waals surface area (Å²) >= 11 is 0. The summed E-state index contributed by atoms with van der Waals surface area (Å²) in [6, 6.07) is 0. The first-order valence-electron chi connectivity index (χ1n) is 8.95. The fourth-order valence-corrected chi connectivity index (χ4v) is 4.58. The van der Waals surface area contributed by atoms with E-state index in [1.54, 1.807) is 0 Å². The molecule has 7 heteroatoms. The number of hydrogen-bond donors (Lipinski definition) is 1. The Morgan fingerprint density at radius 2 is 2.00 bits per heavy atom. The highest BCUT2D eigenvalue weighted by Gasteiger charge is 2.40. The Hall–Kier alpha value is -0.820. The van der Waals surface area contributed by atoms with Crippen molar-refractivity contribution in [3.8, 4) is 0 Å². The van der Waals surface area contributed by atoms with Gasteiger partial charge in [-0.1, -0.05) is 0 Å². The van der Waals surface area contributed by atoms with Crippen molar-refractivity contribution in [2.75, 3.05) is 57.4 Å². The highest BCUT2D eigenvalue weighted by atomic mass is 35.5. The molecule has 3 saturated heterocycles. The van der Waals surface area contributed by atoms with Gasteiger partial charge in [0.15, 0.2) is 0 Å². The maximum Gasteiger partial charge on any atom is 0.131 e. The minimum atomic E-state index is 0. The minimum absolute atomic E-state index is 0. The number of rotatable bonds is 3. The Labute approximate surface area is 150 Å². The van der Waals surface area contributed by atoms with E-state index < -0.39 is 0 Å². The Kier molecular flexibility index (Phi) is 5.39. The van der Waals surface area contributed by atoms with Crippen molar-refractivity contribution in [1.29, 1.82) is 0 Å². The molecule has 1 aromatic heterocycles. The van der Waals surface area contributed by atoms with Crippen LogP contribution in [-0.2, 0) is 18.3 Å². The second kappa shape index (κ2) is 7.20. The molecule has 24 heavy (non-hydrogen) atoms. The van der Waals surface area contributed by atoms with Gasteiger partial charge in [0.25, 0.3) is 0 Å². The number of halogens is 1. The van der Waals surface area contributed by atoms with Gasteiger partial charge in [0.05, 0.1) is 18.9 Å². The quantitative estimate of drug-likeness (QED) is 0.882. The summed E-state index contributed by atoms with van der Waals surface area (Å²) < 4.78 is 7.58. The normalized spacial score (nSPS) is 27.8. The fourth-order valence-electron chi connectivity index (χ4n) is 4.58. The number of aromatic nitrogens is 2. The molecule has 1 atom stereocenters. The van der Waals surface area contributed by atoms with E-state index in [1.165, 1.54) is 56.1 Å². The summed E-state index contributed by atoms with van der Waals surface area (Å²) in [4.78, 5) is 5.09. The van der Waals surface area contributed by atoms with Crippen molar-refractivity contribution in [2.24, 2.45) is 12.5 Å². The van der Waals surface area contributed by atoms with Crippen molar-refractivity contribution >= 4 is 18.2 Å². The topological polar surface area (TPSA) is 45.6 Å². The molecule has 6 nitrogen and oxygen atoms in total. The van der Waals surface area contributed by atoms with Crippen molar-refractivity contribution in [3.63, 3.8) is 0 Å². The van der Waals surface area contributed by atoms with Gasteiger partial charge in [0.1, 0.15) is 5.82 Å². The van der Waals surface area contributed by atoms with Crippen molar-refractivity contribution in [2.45, 2.75) is 26.3 Å². The van der Waals surface area contributed by atoms with Crippen molar-refractivity contribution in [3.05, 3.63) is 11.3 Å². The third kappa shape index (κ3) is 3.29. The first-order chi connectivity index (χ1) is 11.2. The third-order valence-electron chi connectivity index (χ3n) is 5.86. The molecular weight excluding hydrogens is 326 g/mol. The van der Waals surface area contributed by atoms with E-state index in [4.69, 9.17) is 9.84 Å². The van der Waals surface area contributed by atoms with Gasteiger partial charge in [0, 0.05) is 45.3 Å². The zero-order valence-electron chi connectivity index (χ0n) is 14.9. The molecule has 4 rings (SSSR count). The van der Waals surface area contributed by atoms with Gasteiger partial charge in [0.2, 0.25) is 0 Å². The highest BCUT2D eigenvalue weighted by molar-refractivity contribution is 5.85. The second-order valence-electron chi connectivity index (χ2n) is 7.50. The molecule has 0 saturated carbocycles. The Balaban J connectivity index is 0.00000169. The molecule has 4 heterocycles. The van der Waals surface area contributed by atoms with E-state index in [0.717, 1.165) is 32.8 Å². The molecule has 1 N–H and O–H groups in total. The van der Waals surface area contributed by atoms with Crippen molar-refractivity contribution in [1.82, 2.24) is 20.0 Å². The van der Waals surface area contributed by atoms with Gasteiger partial charge in [-0.3, -0.25) is 9.58 Å². The van der Waals surface area contributed by atoms with E-state index in [9.17, 15) is 0 Å². The number of likely N-dealkylation sites (tertiary alicyclic amines) is 1. The SMILES string of the molecule is Cc1nn(C)c(N2CCOCC2)c1CN1CCC2(CCNC2)C1.Cl. The molecule has 0 aromatic carbocycles. The van der Waals surface area contributed by atoms with Crippen LogP contribution in [0.25, 0.3) is 0 Å². The number of ether oxygens (including phenoxy) is 1. The minimum Gasteiger partial charge on any atom is -0.378 e. The monoisotopic (exact) mass is 355 g/mol. The van der Waals surface area contributed by atoms with Gasteiger partial charge < -0.3 is 15.0 Å². The van der Waals surface area contributed by atoms with Gasteiger partial charge in [-0.15, -0.1) is 12.4 Å². The smallest absolute Gasteiger partial charge is 0.131 e. The van der Waals surface area contributed by atoms with Gasteiger partial charge in [-0.05, 0) is 38.3 Å². The van der Waals surface area contributed by atoms with E-state index in [0.29, 0.717) is 5.41 Å². The highest BCUT2D eigenvalue weighted by Crippen LogP contribution is 2.37. The van der Waals surface area contributed by atoms with Crippen molar-refractivity contribution < 1.29 is 4.74 Å². The van der Waals surface area contributed by atoms with E-state index in [-0.39, 0.29) is 12.4 Å². The maximum absolute atomic E-state index is 5.52. The lowest BCUT2D eigenvalue weighted by molar-refractivity contribution is 0.122. The van der Waals surface area contributed by atoms with Gasteiger partial charge in [-0.25, -0.2) is 0 Å². The summed E-state index contributed by atoms with van der Waals surface area (Å²) in [7, 11) is 2.08. The molecule has 1 spiro atoms. The number of hydrogen-bond acceptors (Lipinski definition) is 5. The molecule has 1 unspecified atom stereocenters. The molecule has 3 aliphatic heterocycles. The summed E-state index contributed by atoms with van der Waals surface area (Å²) in [5.41, 5.74) is 3.13. The lowest BCUT2D eigenvalue weighted by Gasteiger charge is -2.30. The van der Waals surface area contributed by atoms with E-state index in [1.807, 2.05) is 0 Å². The number of morpholine rings is 1. The van der Waals surface area contributed by atoms with Gasteiger partial charge >= 0.3 is 0 Å². The maximum atomic E-state index is 5.52. The molecular formula is C17H30ClN5O. The van der Waals surface area contributed by atoms with Crippen LogP contribution in [0.15, 0.2) is 0 Å². The first-order valence-corrected chi connectivity index (χ1v) is 8.95. The van der Waals surface area contributed by atoms with E-state index >= 15 is 0 Å². The summed E-state index contributed by atoms with van der Waals surface area (Å²) in [6.07, 6.45) is 2.68. The van der Waals surface area contributed by atoms with Crippen LogP contribution >= 0.6 is 12.4 Å². The molecule has 3 aliphatic rings. The summed E-state index contributed by atoms with van der Waals surface area (Å²) in [6.45, 7) is 11.6. The average molecular weight is 356 g/mol. The third-order valence-corrected chi connectivity index (χ3v) is 5.86. The molecule has 136 valence electrons. The summed E-state index contributed by atoms with van der Waals surface area (Å²) in [5, 5.41) is 8.27. The molecule has 0 radical (unpaired) electrons. The number of nitrogens with zero attached hydrogens (tertiary/aromatic N) is 4. The second-order valence-corrected chi connectivity index (χ2v) is 7.50. The number of anilines is 1. The molecule has 0 amide bonds. The standard InChI is InChI=1S/C17H29N5O.ClH/c1-14-15(11-21-6-4-17(13-21)3-5-18-12-17)16(20(2)19-14)22-7-9-23-10-8-22;/h18H,3-13H2,1-2H3;1H. The van der Waals surface area contributed by atoms with Crippen LogP contribution in [0, 0.1) is 12.3 Å². The zero-order valence-corrected chi connectivity index (χ0v) is 15.7. The summed E-state index contributed by atoms with van der Waals surface area (Å²) in [5.74, 6) is 1.30. The van der Waals surface area contributed by atoms with Gasteiger partial charge in [-0.2, -0.15) is 5.10 Å². The van der Waals surface area contributed by atoms with Crippen LogP contribution in [0.5, 0.6) is 0 Å². The Morgan fingerprint density at radius 3 is 2.71 bits per heavy atom.